The van der Waals surface area contributed by atoms with E-state index in [2.05, 4.69) is 26.3 Å². The Labute approximate surface area is 164 Å². The molecule has 9 nitrogen and oxygen atoms in total. The van der Waals surface area contributed by atoms with Crippen molar-refractivity contribution in [2.45, 2.75) is 77.5 Å². The van der Waals surface area contributed by atoms with E-state index in [4.69, 9.17) is 9.26 Å². The average Bonchev–Trinajstić information content (AvgIpc) is 3.27. The van der Waals surface area contributed by atoms with Crippen LogP contribution in [0.25, 0.3) is 0 Å². The van der Waals surface area contributed by atoms with E-state index < -0.39 is 0 Å². The third-order valence-corrected chi connectivity index (χ3v) is 4.82. The lowest BCUT2D eigenvalue weighted by Gasteiger charge is -2.22. The number of amides is 2. The fourth-order valence-corrected chi connectivity index (χ4v) is 3.61. The third kappa shape index (κ3) is 5.71. The van der Waals surface area contributed by atoms with Crippen molar-refractivity contribution in [3.8, 4) is 0 Å². The minimum absolute atomic E-state index is 0.0810. The molecule has 1 aromatic rings. The number of nitrogens with one attached hydrogen (secondary N) is 3. The number of ether oxygens (including phenoxy) is 1. The van der Waals surface area contributed by atoms with E-state index in [1.807, 2.05) is 27.7 Å². The second-order valence-corrected chi connectivity index (χ2v) is 8.63. The maximum atomic E-state index is 12.1. The summed E-state index contributed by atoms with van der Waals surface area (Å²) in [4.78, 5) is 24.1. The number of hydrazone groups is 1. The molecule has 2 aliphatic rings. The van der Waals surface area contributed by atoms with Crippen LogP contribution in [0.15, 0.2) is 15.7 Å². The highest BCUT2D eigenvalue weighted by atomic mass is 16.6. The highest BCUT2D eigenvalue weighted by Gasteiger charge is 2.36. The molecule has 154 valence electrons. The zero-order valence-corrected chi connectivity index (χ0v) is 16.9. The van der Waals surface area contributed by atoms with Crippen LogP contribution in [0.3, 0.4) is 0 Å². The minimum Gasteiger partial charge on any atom is -0.446 e. The molecule has 0 saturated heterocycles. The molecule has 2 heterocycles. The van der Waals surface area contributed by atoms with Crippen LogP contribution in [0, 0.1) is 12.8 Å². The van der Waals surface area contributed by atoms with Crippen LogP contribution in [0.2, 0.25) is 0 Å². The molecule has 1 aromatic heterocycles. The van der Waals surface area contributed by atoms with Gasteiger partial charge in [0.25, 0.3) is 0 Å². The van der Waals surface area contributed by atoms with Crippen molar-refractivity contribution in [2.75, 3.05) is 0 Å². The topological polar surface area (TPSA) is 118 Å². The predicted molar refractivity (Wildman–Crippen MR) is 103 cm³/mol. The molecule has 1 aliphatic carbocycles. The van der Waals surface area contributed by atoms with Crippen molar-refractivity contribution in [3.63, 3.8) is 0 Å². The highest BCUT2D eigenvalue weighted by molar-refractivity contribution is 5.99. The SMILES string of the molecule is Cc1cc(CC(=O)NC2=NNC([C@H]3CC[C@@H](OC(=O)NC(C)(C)C)C3)C2)on1. The van der Waals surface area contributed by atoms with Crippen molar-refractivity contribution < 1.29 is 18.8 Å². The molecular formula is C19H29N5O4. The van der Waals surface area contributed by atoms with E-state index >= 15 is 0 Å². The first kappa shape index (κ1) is 20.2. The van der Waals surface area contributed by atoms with Gasteiger partial charge >= 0.3 is 6.09 Å². The zero-order chi connectivity index (χ0) is 20.3. The van der Waals surface area contributed by atoms with Crippen LogP contribution < -0.4 is 16.1 Å². The monoisotopic (exact) mass is 391 g/mol. The van der Waals surface area contributed by atoms with Crippen LogP contribution in [-0.2, 0) is 16.0 Å². The molecule has 9 heteroatoms. The number of carbonyl (C=O) groups is 2. The molecular weight excluding hydrogens is 362 g/mol. The zero-order valence-electron chi connectivity index (χ0n) is 16.9. The quantitative estimate of drug-likeness (QED) is 0.723. The average molecular weight is 391 g/mol. The molecule has 2 amide bonds. The van der Waals surface area contributed by atoms with Crippen molar-refractivity contribution in [3.05, 3.63) is 17.5 Å². The Bertz CT molecular complexity index is 752. The lowest BCUT2D eigenvalue weighted by atomic mass is 9.96. The third-order valence-electron chi connectivity index (χ3n) is 4.82. The molecule has 1 unspecified atom stereocenters. The number of carbonyl (C=O) groups excluding carboxylic acids is 2. The summed E-state index contributed by atoms with van der Waals surface area (Å²) >= 11 is 0. The number of alkyl carbamates (subject to hydrolysis) is 1. The summed E-state index contributed by atoms with van der Waals surface area (Å²) in [6.07, 6.45) is 2.92. The Kier molecular flexibility index (Phi) is 5.90. The van der Waals surface area contributed by atoms with Crippen molar-refractivity contribution in [1.82, 2.24) is 21.2 Å². The van der Waals surface area contributed by atoms with Gasteiger partial charge in [0.2, 0.25) is 5.91 Å². The maximum Gasteiger partial charge on any atom is 0.407 e. The van der Waals surface area contributed by atoms with Gasteiger partial charge in [0.05, 0.1) is 18.2 Å². The van der Waals surface area contributed by atoms with Crippen LogP contribution >= 0.6 is 0 Å². The lowest BCUT2D eigenvalue weighted by Crippen LogP contribution is -2.42. The number of hydrogen-bond donors (Lipinski definition) is 3. The van der Waals surface area contributed by atoms with E-state index in [1.165, 1.54) is 0 Å². The molecule has 0 spiro atoms. The van der Waals surface area contributed by atoms with Crippen molar-refractivity contribution >= 4 is 17.8 Å². The van der Waals surface area contributed by atoms with Gasteiger partial charge in [-0.2, -0.15) is 5.10 Å². The van der Waals surface area contributed by atoms with Gasteiger partial charge in [0, 0.05) is 18.0 Å². The normalized spacial score (nSPS) is 24.4. The first-order valence-electron chi connectivity index (χ1n) is 9.71. The summed E-state index contributed by atoms with van der Waals surface area (Å²) < 4.78 is 10.6. The Morgan fingerprint density at radius 1 is 1.36 bits per heavy atom. The maximum absolute atomic E-state index is 12.1. The van der Waals surface area contributed by atoms with Crippen molar-refractivity contribution in [2.24, 2.45) is 11.0 Å². The summed E-state index contributed by atoms with van der Waals surface area (Å²) in [5.41, 5.74) is 3.55. The second-order valence-electron chi connectivity index (χ2n) is 8.63. The highest BCUT2D eigenvalue weighted by Crippen LogP contribution is 2.32. The van der Waals surface area contributed by atoms with Gasteiger partial charge in [-0.15, -0.1) is 0 Å². The van der Waals surface area contributed by atoms with Gasteiger partial charge in [0.15, 0.2) is 0 Å². The second kappa shape index (κ2) is 8.20. The molecule has 3 N–H and O–H groups in total. The number of nitrogens with zero attached hydrogens (tertiary/aromatic N) is 2. The summed E-state index contributed by atoms with van der Waals surface area (Å²) in [6.45, 7) is 7.58. The van der Waals surface area contributed by atoms with Gasteiger partial charge in [-0.3, -0.25) is 4.79 Å². The van der Waals surface area contributed by atoms with E-state index in [9.17, 15) is 9.59 Å². The number of hydrogen-bond acceptors (Lipinski definition) is 7. The lowest BCUT2D eigenvalue weighted by molar-refractivity contribution is -0.119. The van der Waals surface area contributed by atoms with E-state index in [1.54, 1.807) is 6.07 Å². The minimum atomic E-state index is -0.371. The van der Waals surface area contributed by atoms with Gasteiger partial charge in [-0.25, -0.2) is 4.79 Å². The largest absolute Gasteiger partial charge is 0.446 e. The molecule has 0 bridgehead atoms. The summed E-state index contributed by atoms with van der Waals surface area (Å²) in [6, 6.07) is 1.88. The first-order valence-corrected chi connectivity index (χ1v) is 9.71. The standard InChI is InChI=1S/C19H29N5O4/c1-11-7-14(28-24-11)9-17(25)20-16-10-15(22-23-16)12-5-6-13(8-12)27-18(26)21-19(2,3)4/h7,12-13,15,22H,5-6,8-10H2,1-4H3,(H,21,26)(H,20,23,25)/t12-,13+,15?/m0/s1. The fourth-order valence-electron chi connectivity index (χ4n) is 3.61. The van der Waals surface area contributed by atoms with Crippen molar-refractivity contribution in [1.29, 1.82) is 0 Å². The van der Waals surface area contributed by atoms with E-state index in [0.29, 0.717) is 23.9 Å². The van der Waals surface area contributed by atoms with Gasteiger partial charge < -0.3 is 25.3 Å². The Hall–Kier alpha value is -2.58. The number of rotatable bonds is 4. The molecule has 1 aliphatic heterocycles. The van der Waals surface area contributed by atoms with Gasteiger partial charge in [-0.05, 0) is 52.9 Å². The summed E-state index contributed by atoms with van der Waals surface area (Å²) in [7, 11) is 0. The van der Waals surface area contributed by atoms with E-state index in [-0.39, 0.29) is 36.1 Å². The molecule has 1 fully saturated rings. The molecule has 28 heavy (non-hydrogen) atoms. The Morgan fingerprint density at radius 3 is 2.82 bits per heavy atom. The summed E-state index contributed by atoms with van der Waals surface area (Å²) in [5, 5.41) is 13.7. The van der Waals surface area contributed by atoms with Gasteiger partial charge in [-0.1, -0.05) is 5.16 Å². The first-order chi connectivity index (χ1) is 13.2. The smallest absolute Gasteiger partial charge is 0.407 e. The Morgan fingerprint density at radius 2 is 2.14 bits per heavy atom. The fraction of sp³-hybridized carbons (Fsp3) is 0.684. The van der Waals surface area contributed by atoms with Crippen LogP contribution in [0.5, 0.6) is 0 Å². The molecule has 3 atom stereocenters. The number of amidine groups is 1. The number of aryl methyl sites for hydroxylation is 1. The van der Waals surface area contributed by atoms with E-state index in [0.717, 1.165) is 25.0 Å². The van der Waals surface area contributed by atoms with Gasteiger partial charge in [0.1, 0.15) is 17.7 Å². The Balaban J connectivity index is 1.40. The molecule has 1 saturated carbocycles. The van der Waals surface area contributed by atoms with Crippen LogP contribution in [0.4, 0.5) is 4.79 Å². The molecule has 0 radical (unpaired) electrons. The summed E-state index contributed by atoms with van der Waals surface area (Å²) in [5.74, 6) is 1.33. The predicted octanol–water partition coefficient (Wildman–Crippen LogP) is 2.01. The molecule has 3 rings (SSSR count). The van der Waals surface area contributed by atoms with Crippen LogP contribution in [-0.4, -0.2) is 40.7 Å². The number of aromatic nitrogens is 1. The molecule has 0 aromatic carbocycles. The van der Waals surface area contributed by atoms with Crippen LogP contribution in [0.1, 0.15) is 57.9 Å².